The average Bonchev–Trinajstić information content (AvgIpc) is 2.08. The van der Waals surface area contributed by atoms with E-state index in [9.17, 15) is 13.2 Å². The van der Waals surface area contributed by atoms with Gasteiger partial charge in [-0.15, -0.1) is 0 Å². The van der Waals surface area contributed by atoms with Crippen LogP contribution in [0.2, 0.25) is 0 Å². The molecular formula is C9H17NO4S. The van der Waals surface area contributed by atoms with E-state index in [2.05, 4.69) is 5.32 Å². The van der Waals surface area contributed by atoms with E-state index in [4.69, 9.17) is 5.11 Å². The van der Waals surface area contributed by atoms with Gasteiger partial charge in [-0.25, -0.2) is 8.42 Å². The molecule has 1 heterocycles. The minimum Gasteiger partial charge on any atom is -0.480 e. The monoisotopic (exact) mass is 235 g/mol. The summed E-state index contributed by atoms with van der Waals surface area (Å²) in [5, 5.41) is 11.9. The van der Waals surface area contributed by atoms with E-state index in [0.29, 0.717) is 12.8 Å². The van der Waals surface area contributed by atoms with Crippen LogP contribution in [-0.2, 0) is 14.6 Å². The quantitative estimate of drug-likeness (QED) is 0.720. The largest absolute Gasteiger partial charge is 0.480 e. The number of carboxylic acids is 1. The molecule has 0 saturated carbocycles. The van der Waals surface area contributed by atoms with Crippen molar-refractivity contribution in [2.45, 2.75) is 38.3 Å². The van der Waals surface area contributed by atoms with Gasteiger partial charge in [-0.2, -0.15) is 0 Å². The van der Waals surface area contributed by atoms with E-state index in [-0.39, 0.29) is 17.5 Å². The fourth-order valence-electron chi connectivity index (χ4n) is 1.61. The first-order valence-corrected chi connectivity index (χ1v) is 6.76. The van der Waals surface area contributed by atoms with Crippen molar-refractivity contribution in [2.24, 2.45) is 0 Å². The van der Waals surface area contributed by atoms with E-state index in [0.717, 1.165) is 0 Å². The molecule has 6 heteroatoms. The molecule has 0 radical (unpaired) electrons. The van der Waals surface area contributed by atoms with E-state index in [1.54, 1.807) is 13.8 Å². The van der Waals surface area contributed by atoms with Crippen molar-refractivity contribution in [3.05, 3.63) is 0 Å². The molecule has 0 bridgehead atoms. The SMILES string of the molecule is CC(C)(NC1CCS(=O)(=O)CC1)C(=O)O. The molecule has 1 rings (SSSR count). The maximum absolute atomic E-state index is 11.2. The maximum atomic E-state index is 11.2. The molecule has 1 saturated heterocycles. The maximum Gasteiger partial charge on any atom is 0.323 e. The second-order valence-corrected chi connectivity index (χ2v) is 6.80. The van der Waals surface area contributed by atoms with Gasteiger partial charge in [-0.05, 0) is 26.7 Å². The summed E-state index contributed by atoms with van der Waals surface area (Å²) in [7, 11) is -2.88. The highest BCUT2D eigenvalue weighted by Crippen LogP contribution is 2.15. The Morgan fingerprint density at radius 1 is 1.33 bits per heavy atom. The minimum absolute atomic E-state index is 0.0142. The van der Waals surface area contributed by atoms with Gasteiger partial charge in [0.05, 0.1) is 11.5 Å². The molecule has 0 amide bonds. The summed E-state index contributed by atoms with van der Waals surface area (Å²) in [6.45, 7) is 3.16. The highest BCUT2D eigenvalue weighted by atomic mass is 32.2. The third-order valence-electron chi connectivity index (χ3n) is 2.65. The third kappa shape index (κ3) is 3.46. The Morgan fingerprint density at radius 2 is 1.80 bits per heavy atom. The number of carboxylic acid groups (broad SMARTS) is 1. The lowest BCUT2D eigenvalue weighted by atomic mass is 10.0. The predicted molar refractivity (Wildman–Crippen MR) is 56.5 cm³/mol. The second kappa shape index (κ2) is 4.09. The summed E-state index contributed by atoms with van der Waals surface area (Å²) in [4.78, 5) is 10.8. The molecule has 88 valence electrons. The van der Waals surface area contributed by atoms with Crippen molar-refractivity contribution >= 4 is 15.8 Å². The van der Waals surface area contributed by atoms with Gasteiger partial charge >= 0.3 is 5.97 Å². The van der Waals surface area contributed by atoms with Crippen molar-refractivity contribution in [1.82, 2.24) is 5.32 Å². The number of aliphatic carboxylic acids is 1. The summed E-state index contributed by atoms with van der Waals surface area (Å²) in [6.07, 6.45) is 0.998. The topological polar surface area (TPSA) is 83.5 Å². The Labute approximate surface area is 89.8 Å². The number of rotatable bonds is 3. The third-order valence-corrected chi connectivity index (χ3v) is 4.37. The van der Waals surface area contributed by atoms with Crippen molar-refractivity contribution in [1.29, 1.82) is 0 Å². The zero-order valence-electron chi connectivity index (χ0n) is 8.99. The molecule has 2 N–H and O–H groups in total. The fourth-order valence-corrected chi connectivity index (χ4v) is 3.10. The van der Waals surface area contributed by atoms with E-state index in [1.807, 2.05) is 0 Å². The molecule has 0 aromatic rings. The Hall–Kier alpha value is -0.620. The Bertz CT molecular complexity index is 333. The lowest BCUT2D eigenvalue weighted by Gasteiger charge is -2.30. The Morgan fingerprint density at radius 3 is 2.20 bits per heavy atom. The molecule has 1 fully saturated rings. The van der Waals surface area contributed by atoms with E-state index >= 15 is 0 Å². The van der Waals surface area contributed by atoms with Gasteiger partial charge in [-0.3, -0.25) is 10.1 Å². The van der Waals surface area contributed by atoms with Crippen LogP contribution >= 0.6 is 0 Å². The van der Waals surface area contributed by atoms with Gasteiger partial charge in [0.1, 0.15) is 15.4 Å². The molecule has 15 heavy (non-hydrogen) atoms. The minimum atomic E-state index is -2.88. The zero-order chi connectivity index (χ0) is 11.7. The standard InChI is InChI=1S/C9H17NO4S/c1-9(2,8(11)12)10-7-3-5-15(13,14)6-4-7/h7,10H,3-6H2,1-2H3,(H,11,12). The van der Waals surface area contributed by atoms with Crippen LogP contribution in [0.15, 0.2) is 0 Å². The molecule has 1 aliphatic heterocycles. The van der Waals surface area contributed by atoms with Crippen LogP contribution in [-0.4, -0.2) is 42.6 Å². The smallest absolute Gasteiger partial charge is 0.323 e. The number of sulfone groups is 1. The average molecular weight is 235 g/mol. The van der Waals surface area contributed by atoms with E-state index < -0.39 is 21.3 Å². The molecule has 0 unspecified atom stereocenters. The van der Waals surface area contributed by atoms with Crippen LogP contribution in [0.1, 0.15) is 26.7 Å². The Kier molecular flexibility index (Phi) is 3.40. The second-order valence-electron chi connectivity index (χ2n) is 4.50. The zero-order valence-corrected chi connectivity index (χ0v) is 9.80. The molecule has 0 spiro atoms. The predicted octanol–water partition coefficient (Wildman–Crippen LogP) is 0.0164. The van der Waals surface area contributed by atoms with Gasteiger partial charge in [-0.1, -0.05) is 0 Å². The molecule has 1 aliphatic rings. The molecule has 0 aromatic heterocycles. The molecular weight excluding hydrogens is 218 g/mol. The summed E-state index contributed by atoms with van der Waals surface area (Å²) in [5.41, 5.74) is -0.994. The van der Waals surface area contributed by atoms with Crippen LogP contribution in [0.5, 0.6) is 0 Å². The number of hydrogen-bond donors (Lipinski definition) is 2. The number of carbonyl (C=O) groups is 1. The highest BCUT2D eigenvalue weighted by Gasteiger charge is 2.32. The first-order chi connectivity index (χ1) is 6.73. The van der Waals surface area contributed by atoms with Gasteiger partial charge < -0.3 is 5.11 Å². The highest BCUT2D eigenvalue weighted by molar-refractivity contribution is 7.91. The molecule has 0 atom stereocenters. The van der Waals surface area contributed by atoms with Crippen molar-refractivity contribution in [2.75, 3.05) is 11.5 Å². The van der Waals surface area contributed by atoms with Crippen LogP contribution < -0.4 is 5.32 Å². The van der Waals surface area contributed by atoms with Crippen LogP contribution in [0, 0.1) is 0 Å². The summed E-state index contributed by atoms with van der Waals surface area (Å²) in [5.74, 6) is -0.614. The van der Waals surface area contributed by atoms with Crippen molar-refractivity contribution in [3.8, 4) is 0 Å². The first-order valence-electron chi connectivity index (χ1n) is 4.94. The van der Waals surface area contributed by atoms with Gasteiger partial charge in [0, 0.05) is 6.04 Å². The number of hydrogen-bond acceptors (Lipinski definition) is 4. The first kappa shape index (κ1) is 12.4. The molecule has 5 nitrogen and oxygen atoms in total. The van der Waals surface area contributed by atoms with Crippen molar-refractivity contribution < 1.29 is 18.3 Å². The lowest BCUT2D eigenvalue weighted by Crippen LogP contribution is -2.53. The summed E-state index contributed by atoms with van der Waals surface area (Å²) in [6, 6.07) is -0.0142. The fraction of sp³-hybridized carbons (Fsp3) is 0.889. The van der Waals surface area contributed by atoms with Crippen LogP contribution in [0.3, 0.4) is 0 Å². The normalized spacial score (nSPS) is 22.5. The van der Waals surface area contributed by atoms with Crippen LogP contribution in [0.4, 0.5) is 0 Å². The van der Waals surface area contributed by atoms with Gasteiger partial charge in [0.2, 0.25) is 0 Å². The van der Waals surface area contributed by atoms with Crippen molar-refractivity contribution in [3.63, 3.8) is 0 Å². The molecule has 0 aromatic carbocycles. The van der Waals surface area contributed by atoms with Gasteiger partial charge in [0.15, 0.2) is 0 Å². The lowest BCUT2D eigenvalue weighted by molar-refractivity contribution is -0.143. The van der Waals surface area contributed by atoms with E-state index in [1.165, 1.54) is 0 Å². The number of nitrogens with one attached hydrogen (secondary N) is 1. The Balaban J connectivity index is 2.53. The summed E-state index contributed by atoms with van der Waals surface area (Å²) < 4.78 is 22.3. The summed E-state index contributed by atoms with van der Waals surface area (Å²) >= 11 is 0. The van der Waals surface area contributed by atoms with Crippen LogP contribution in [0.25, 0.3) is 0 Å². The molecule has 0 aliphatic carbocycles. The van der Waals surface area contributed by atoms with Gasteiger partial charge in [0.25, 0.3) is 0 Å².